The average molecular weight is 256 g/mol. The third kappa shape index (κ3) is 4.31. The minimum absolute atomic E-state index is 0.0437. The summed E-state index contributed by atoms with van der Waals surface area (Å²) in [4.78, 5) is 11.7. The normalized spacial score (nSPS) is 12.2. The molecule has 0 bridgehead atoms. The lowest BCUT2D eigenvalue weighted by atomic mass is 10.2. The molecule has 100 valence electrons. The van der Waals surface area contributed by atoms with Gasteiger partial charge in [0, 0.05) is 12.8 Å². The second-order valence-corrected chi connectivity index (χ2v) is 3.73. The summed E-state index contributed by atoms with van der Waals surface area (Å²) in [5, 5.41) is 2.42. The van der Waals surface area contributed by atoms with Gasteiger partial charge in [0.05, 0.1) is 18.9 Å². The fourth-order valence-corrected chi connectivity index (χ4v) is 1.26. The molecule has 3 N–H and O–H groups in total. The number of nitrogens with one attached hydrogen (secondary N) is 1. The van der Waals surface area contributed by atoms with E-state index in [0.29, 0.717) is 18.9 Å². The third-order valence-electron chi connectivity index (χ3n) is 2.27. The predicted molar refractivity (Wildman–Crippen MR) is 66.7 cm³/mol. The molecule has 1 atom stereocenters. The minimum atomic E-state index is -0.694. The first kappa shape index (κ1) is 14.4. The molecule has 0 radical (unpaired) electrons. The Morgan fingerprint density at radius 2 is 2.22 bits per heavy atom. The van der Waals surface area contributed by atoms with Crippen LogP contribution >= 0.6 is 0 Å². The molecule has 0 aliphatic heterocycles. The molecule has 0 aromatic heterocycles. The van der Waals surface area contributed by atoms with Gasteiger partial charge in [-0.05, 0) is 25.1 Å². The minimum Gasteiger partial charge on any atom is -0.399 e. The zero-order valence-corrected chi connectivity index (χ0v) is 10.4. The number of carbonyl (C=O) groups excluding carboxylic acids is 1. The van der Waals surface area contributed by atoms with E-state index in [1.165, 1.54) is 25.3 Å². The molecule has 5 nitrogen and oxygen atoms in total. The number of amides is 1. The van der Waals surface area contributed by atoms with Crippen LogP contribution < -0.4 is 11.1 Å². The topological polar surface area (TPSA) is 73.6 Å². The van der Waals surface area contributed by atoms with Crippen LogP contribution in [0, 0.1) is 5.82 Å². The lowest BCUT2D eigenvalue weighted by Gasteiger charge is -2.13. The van der Waals surface area contributed by atoms with Crippen LogP contribution in [0.2, 0.25) is 0 Å². The van der Waals surface area contributed by atoms with Crippen LogP contribution in [-0.4, -0.2) is 32.3 Å². The molecule has 1 aromatic rings. The molecule has 1 amide bonds. The van der Waals surface area contributed by atoms with Crippen molar-refractivity contribution in [2.24, 2.45) is 0 Å². The van der Waals surface area contributed by atoms with Crippen LogP contribution in [0.25, 0.3) is 0 Å². The zero-order valence-electron chi connectivity index (χ0n) is 10.4. The number of ether oxygens (including phenoxy) is 2. The number of halogens is 1. The fraction of sp³-hybridized carbons (Fsp3) is 0.417. The van der Waals surface area contributed by atoms with Crippen molar-refractivity contribution in [2.75, 3.05) is 31.4 Å². The van der Waals surface area contributed by atoms with Gasteiger partial charge in [0.1, 0.15) is 11.9 Å². The van der Waals surface area contributed by atoms with Gasteiger partial charge in [-0.25, -0.2) is 4.39 Å². The van der Waals surface area contributed by atoms with Crippen molar-refractivity contribution < 1.29 is 18.7 Å². The molecular formula is C12H17FN2O3. The van der Waals surface area contributed by atoms with E-state index in [1.54, 1.807) is 6.92 Å². The maximum absolute atomic E-state index is 13.4. The van der Waals surface area contributed by atoms with Crippen molar-refractivity contribution in [2.45, 2.75) is 13.0 Å². The molecule has 18 heavy (non-hydrogen) atoms. The monoisotopic (exact) mass is 256 g/mol. The van der Waals surface area contributed by atoms with Gasteiger partial charge in [-0.1, -0.05) is 0 Å². The Hall–Kier alpha value is -1.66. The molecule has 1 rings (SSSR count). The van der Waals surface area contributed by atoms with Crippen molar-refractivity contribution in [1.29, 1.82) is 0 Å². The Morgan fingerprint density at radius 3 is 2.89 bits per heavy atom. The van der Waals surface area contributed by atoms with Crippen LogP contribution in [0.1, 0.15) is 6.92 Å². The van der Waals surface area contributed by atoms with Crippen LogP contribution in [0.5, 0.6) is 0 Å². The zero-order chi connectivity index (χ0) is 13.5. The number of rotatable bonds is 6. The van der Waals surface area contributed by atoms with Gasteiger partial charge in [0.2, 0.25) is 0 Å². The summed E-state index contributed by atoms with van der Waals surface area (Å²) in [5.74, 6) is -0.975. The molecule has 0 aliphatic rings. The Labute approximate surface area is 105 Å². The molecule has 0 spiro atoms. The van der Waals surface area contributed by atoms with Crippen LogP contribution in [0.3, 0.4) is 0 Å². The highest BCUT2D eigenvalue weighted by atomic mass is 19.1. The van der Waals surface area contributed by atoms with E-state index in [4.69, 9.17) is 15.2 Å². The third-order valence-corrected chi connectivity index (χ3v) is 2.27. The number of anilines is 2. The van der Waals surface area contributed by atoms with Crippen LogP contribution in [-0.2, 0) is 14.3 Å². The van der Waals surface area contributed by atoms with Crippen molar-refractivity contribution >= 4 is 17.3 Å². The summed E-state index contributed by atoms with van der Waals surface area (Å²) in [6, 6.07) is 3.97. The van der Waals surface area contributed by atoms with Gasteiger partial charge in [-0.2, -0.15) is 0 Å². The Morgan fingerprint density at radius 1 is 1.50 bits per heavy atom. The van der Waals surface area contributed by atoms with Gasteiger partial charge in [0.25, 0.3) is 5.91 Å². The average Bonchev–Trinajstić information content (AvgIpc) is 2.34. The van der Waals surface area contributed by atoms with Crippen molar-refractivity contribution in [1.82, 2.24) is 0 Å². The number of hydrogen-bond donors (Lipinski definition) is 2. The number of nitrogens with two attached hydrogens (primary N) is 1. The van der Waals surface area contributed by atoms with Gasteiger partial charge in [0.15, 0.2) is 0 Å². The molecule has 0 saturated heterocycles. The van der Waals surface area contributed by atoms with E-state index in [0.717, 1.165) is 0 Å². The molecule has 1 aromatic carbocycles. The van der Waals surface area contributed by atoms with E-state index in [1.807, 2.05) is 0 Å². The molecule has 0 fully saturated rings. The number of hydrogen-bond acceptors (Lipinski definition) is 4. The largest absolute Gasteiger partial charge is 0.399 e. The van der Waals surface area contributed by atoms with Crippen LogP contribution in [0.15, 0.2) is 18.2 Å². The summed E-state index contributed by atoms with van der Waals surface area (Å²) in [6.07, 6.45) is -0.694. The van der Waals surface area contributed by atoms with Gasteiger partial charge in [-0.3, -0.25) is 4.79 Å². The molecule has 0 saturated carbocycles. The van der Waals surface area contributed by atoms with Gasteiger partial charge >= 0.3 is 0 Å². The molecular weight excluding hydrogens is 239 g/mol. The summed E-state index contributed by atoms with van der Waals surface area (Å²) in [5.41, 5.74) is 5.93. The van der Waals surface area contributed by atoms with Gasteiger partial charge in [-0.15, -0.1) is 0 Å². The Bertz CT molecular complexity index is 412. The van der Waals surface area contributed by atoms with E-state index < -0.39 is 17.8 Å². The standard InChI is InChI=1S/C12H17FN2O3/c1-8(18-6-5-17-2)12(16)15-11-7-9(14)3-4-10(11)13/h3-4,7-8H,5-6,14H2,1-2H3,(H,15,16). The number of nitrogen functional groups attached to an aromatic ring is 1. The highest BCUT2D eigenvalue weighted by molar-refractivity contribution is 5.94. The number of carbonyl (C=O) groups is 1. The second kappa shape index (κ2) is 6.93. The van der Waals surface area contributed by atoms with E-state index in [2.05, 4.69) is 5.32 Å². The van der Waals surface area contributed by atoms with Crippen molar-refractivity contribution in [3.05, 3.63) is 24.0 Å². The first-order valence-electron chi connectivity index (χ1n) is 5.51. The quantitative estimate of drug-likeness (QED) is 0.596. The molecule has 0 heterocycles. The SMILES string of the molecule is COCCOC(C)C(=O)Nc1cc(N)ccc1F. The summed E-state index contributed by atoms with van der Waals surface area (Å²) < 4.78 is 23.4. The lowest BCUT2D eigenvalue weighted by Crippen LogP contribution is -2.29. The molecule has 0 aliphatic carbocycles. The molecule has 1 unspecified atom stereocenters. The second-order valence-electron chi connectivity index (χ2n) is 3.73. The first-order valence-corrected chi connectivity index (χ1v) is 5.51. The highest BCUT2D eigenvalue weighted by Crippen LogP contribution is 2.17. The van der Waals surface area contributed by atoms with E-state index in [-0.39, 0.29) is 5.69 Å². The summed E-state index contributed by atoms with van der Waals surface area (Å²) in [6.45, 7) is 2.27. The maximum Gasteiger partial charge on any atom is 0.253 e. The number of methoxy groups -OCH3 is 1. The summed E-state index contributed by atoms with van der Waals surface area (Å²) >= 11 is 0. The van der Waals surface area contributed by atoms with Gasteiger partial charge < -0.3 is 20.5 Å². The van der Waals surface area contributed by atoms with E-state index in [9.17, 15) is 9.18 Å². The fourth-order valence-electron chi connectivity index (χ4n) is 1.26. The summed E-state index contributed by atoms with van der Waals surface area (Å²) in [7, 11) is 1.54. The smallest absolute Gasteiger partial charge is 0.253 e. The van der Waals surface area contributed by atoms with Crippen molar-refractivity contribution in [3.8, 4) is 0 Å². The van der Waals surface area contributed by atoms with Crippen molar-refractivity contribution in [3.63, 3.8) is 0 Å². The number of benzene rings is 1. The van der Waals surface area contributed by atoms with Crippen LogP contribution in [0.4, 0.5) is 15.8 Å². The maximum atomic E-state index is 13.4. The Kier molecular flexibility index (Phi) is 5.54. The lowest BCUT2D eigenvalue weighted by molar-refractivity contribution is -0.127. The predicted octanol–water partition coefficient (Wildman–Crippen LogP) is 1.40. The first-order chi connectivity index (χ1) is 8.54. The van der Waals surface area contributed by atoms with E-state index >= 15 is 0 Å². The Balaban J connectivity index is 2.55. The molecule has 6 heteroatoms. The highest BCUT2D eigenvalue weighted by Gasteiger charge is 2.15.